The molecule has 0 spiro atoms. The van der Waals surface area contributed by atoms with E-state index in [1.165, 1.54) is 4.88 Å². The summed E-state index contributed by atoms with van der Waals surface area (Å²) in [5.41, 5.74) is 6.69. The number of anilines is 3. The smallest absolute Gasteiger partial charge is 0.223 e. The van der Waals surface area contributed by atoms with E-state index in [0.717, 1.165) is 28.1 Å². The maximum atomic E-state index is 5.89. The SMILES string of the molecule is CCc1cc2c(Nc3ccc(Cl)cc3)nc(N)nc2s1. The van der Waals surface area contributed by atoms with Gasteiger partial charge < -0.3 is 11.1 Å². The minimum absolute atomic E-state index is 0.276. The molecule has 3 N–H and O–H groups in total. The van der Waals surface area contributed by atoms with Gasteiger partial charge in [0, 0.05) is 15.6 Å². The van der Waals surface area contributed by atoms with Crippen molar-refractivity contribution in [2.45, 2.75) is 13.3 Å². The fraction of sp³-hybridized carbons (Fsp3) is 0.143. The summed E-state index contributed by atoms with van der Waals surface area (Å²) >= 11 is 7.53. The first-order chi connectivity index (χ1) is 9.65. The number of halogens is 1. The molecule has 102 valence electrons. The van der Waals surface area contributed by atoms with Crippen LogP contribution in [0.5, 0.6) is 0 Å². The van der Waals surface area contributed by atoms with Gasteiger partial charge >= 0.3 is 0 Å². The number of hydrogen-bond donors (Lipinski definition) is 2. The van der Waals surface area contributed by atoms with Gasteiger partial charge in [-0.05, 0) is 36.8 Å². The second-order valence-electron chi connectivity index (χ2n) is 4.35. The largest absolute Gasteiger partial charge is 0.368 e. The Morgan fingerprint density at radius 3 is 2.70 bits per heavy atom. The number of aryl methyl sites for hydroxylation is 1. The van der Waals surface area contributed by atoms with E-state index in [-0.39, 0.29) is 5.95 Å². The van der Waals surface area contributed by atoms with Crippen molar-refractivity contribution < 1.29 is 0 Å². The van der Waals surface area contributed by atoms with E-state index in [1.54, 1.807) is 11.3 Å². The molecule has 0 fully saturated rings. The van der Waals surface area contributed by atoms with E-state index < -0.39 is 0 Å². The lowest BCUT2D eigenvalue weighted by atomic mass is 10.3. The average Bonchev–Trinajstić information content (AvgIpc) is 2.84. The van der Waals surface area contributed by atoms with Crippen molar-refractivity contribution in [2.24, 2.45) is 0 Å². The summed E-state index contributed by atoms with van der Waals surface area (Å²) in [5, 5.41) is 4.97. The molecule has 2 heterocycles. The van der Waals surface area contributed by atoms with Gasteiger partial charge in [-0.15, -0.1) is 11.3 Å². The molecule has 3 aromatic rings. The maximum Gasteiger partial charge on any atom is 0.223 e. The topological polar surface area (TPSA) is 63.8 Å². The molecular weight excluding hydrogens is 292 g/mol. The summed E-state index contributed by atoms with van der Waals surface area (Å²) in [4.78, 5) is 10.8. The van der Waals surface area contributed by atoms with Crippen molar-refractivity contribution in [3.05, 3.63) is 40.2 Å². The van der Waals surface area contributed by atoms with Gasteiger partial charge in [-0.2, -0.15) is 4.98 Å². The van der Waals surface area contributed by atoms with Crippen LogP contribution in [0, 0.1) is 0 Å². The fourth-order valence-corrected chi connectivity index (χ4v) is 3.03. The van der Waals surface area contributed by atoms with Gasteiger partial charge in [0.2, 0.25) is 5.95 Å². The maximum absolute atomic E-state index is 5.89. The molecule has 0 atom stereocenters. The molecule has 0 aliphatic rings. The minimum Gasteiger partial charge on any atom is -0.368 e. The van der Waals surface area contributed by atoms with Crippen molar-refractivity contribution in [3.8, 4) is 0 Å². The standard InChI is InChI=1S/C14H13ClN4S/c1-2-10-7-11-12(18-14(16)19-13(11)20-10)17-9-5-3-8(15)4-6-9/h3-7H,2H2,1H3,(H3,16,17,18,19). The molecular formula is C14H13ClN4S. The number of hydrogen-bond acceptors (Lipinski definition) is 5. The van der Waals surface area contributed by atoms with E-state index in [2.05, 4.69) is 28.3 Å². The Kier molecular flexibility index (Phi) is 3.46. The lowest BCUT2D eigenvalue weighted by molar-refractivity contribution is 1.19. The van der Waals surface area contributed by atoms with Crippen LogP contribution in [0.4, 0.5) is 17.5 Å². The van der Waals surface area contributed by atoms with Crippen LogP contribution in [-0.2, 0) is 6.42 Å². The third kappa shape index (κ3) is 2.55. The summed E-state index contributed by atoms with van der Waals surface area (Å²) in [6, 6.07) is 9.57. The van der Waals surface area contributed by atoms with Crippen molar-refractivity contribution in [1.29, 1.82) is 0 Å². The van der Waals surface area contributed by atoms with Gasteiger partial charge in [0.15, 0.2) is 0 Å². The third-order valence-electron chi connectivity index (χ3n) is 2.92. The molecule has 0 radical (unpaired) electrons. The number of thiophene rings is 1. The number of rotatable bonds is 3. The summed E-state index contributed by atoms with van der Waals surface area (Å²) in [7, 11) is 0. The van der Waals surface area contributed by atoms with Crippen LogP contribution in [0.15, 0.2) is 30.3 Å². The molecule has 0 aliphatic carbocycles. The third-order valence-corrected chi connectivity index (χ3v) is 4.34. The molecule has 4 nitrogen and oxygen atoms in total. The lowest BCUT2D eigenvalue weighted by Gasteiger charge is -2.07. The highest BCUT2D eigenvalue weighted by molar-refractivity contribution is 7.18. The first kappa shape index (κ1) is 13.1. The number of fused-ring (bicyclic) bond motifs is 1. The van der Waals surface area contributed by atoms with E-state index in [9.17, 15) is 0 Å². The molecule has 3 rings (SSSR count). The summed E-state index contributed by atoms with van der Waals surface area (Å²) in [6.45, 7) is 2.12. The van der Waals surface area contributed by atoms with Gasteiger partial charge in [-0.3, -0.25) is 0 Å². The quantitative estimate of drug-likeness (QED) is 0.760. The molecule has 0 unspecified atom stereocenters. The zero-order valence-electron chi connectivity index (χ0n) is 10.9. The molecule has 2 aromatic heterocycles. The van der Waals surface area contributed by atoms with Gasteiger partial charge in [-0.25, -0.2) is 4.98 Å². The van der Waals surface area contributed by atoms with Gasteiger partial charge in [0.25, 0.3) is 0 Å². The number of aromatic nitrogens is 2. The second-order valence-corrected chi connectivity index (χ2v) is 5.90. The Morgan fingerprint density at radius 2 is 2.00 bits per heavy atom. The van der Waals surface area contributed by atoms with Crippen LogP contribution >= 0.6 is 22.9 Å². The molecule has 20 heavy (non-hydrogen) atoms. The Morgan fingerprint density at radius 1 is 1.25 bits per heavy atom. The molecule has 0 saturated carbocycles. The molecule has 0 aliphatic heterocycles. The van der Waals surface area contributed by atoms with E-state index in [4.69, 9.17) is 17.3 Å². The number of benzene rings is 1. The Bertz CT molecular complexity index is 752. The summed E-state index contributed by atoms with van der Waals surface area (Å²) in [5.74, 6) is 1.00. The summed E-state index contributed by atoms with van der Waals surface area (Å²) < 4.78 is 0. The van der Waals surface area contributed by atoms with Crippen molar-refractivity contribution in [3.63, 3.8) is 0 Å². The van der Waals surface area contributed by atoms with E-state index >= 15 is 0 Å². The van der Waals surface area contributed by atoms with Crippen LogP contribution in [-0.4, -0.2) is 9.97 Å². The zero-order valence-corrected chi connectivity index (χ0v) is 12.4. The first-order valence-corrected chi connectivity index (χ1v) is 7.43. The highest BCUT2D eigenvalue weighted by Gasteiger charge is 2.10. The predicted octanol–water partition coefficient (Wildman–Crippen LogP) is 4.23. The summed E-state index contributed by atoms with van der Waals surface area (Å²) in [6.07, 6.45) is 0.974. The van der Waals surface area contributed by atoms with Crippen LogP contribution in [0.1, 0.15) is 11.8 Å². The average molecular weight is 305 g/mol. The van der Waals surface area contributed by atoms with Crippen LogP contribution < -0.4 is 11.1 Å². The predicted molar refractivity (Wildman–Crippen MR) is 85.9 cm³/mol. The van der Waals surface area contributed by atoms with Gasteiger partial charge in [0.05, 0.1) is 5.39 Å². The fourth-order valence-electron chi connectivity index (χ4n) is 1.93. The molecule has 0 amide bonds. The number of nitrogens with zero attached hydrogens (tertiary/aromatic N) is 2. The molecule has 0 saturated heterocycles. The highest BCUT2D eigenvalue weighted by Crippen LogP contribution is 2.31. The number of nitrogens with one attached hydrogen (secondary N) is 1. The minimum atomic E-state index is 0.276. The van der Waals surface area contributed by atoms with Crippen molar-refractivity contribution in [2.75, 3.05) is 11.1 Å². The Labute approximate surface area is 125 Å². The van der Waals surface area contributed by atoms with Gasteiger partial charge in [0.1, 0.15) is 10.6 Å². The van der Waals surface area contributed by atoms with Crippen LogP contribution in [0.25, 0.3) is 10.2 Å². The molecule has 6 heteroatoms. The van der Waals surface area contributed by atoms with E-state index in [1.807, 2.05) is 24.3 Å². The zero-order chi connectivity index (χ0) is 14.1. The highest BCUT2D eigenvalue weighted by atomic mass is 35.5. The van der Waals surface area contributed by atoms with Crippen molar-refractivity contribution in [1.82, 2.24) is 9.97 Å². The Hall–Kier alpha value is -1.85. The Balaban J connectivity index is 2.05. The second kappa shape index (κ2) is 5.26. The number of nitrogens with two attached hydrogens (primary N) is 1. The molecule has 0 bridgehead atoms. The van der Waals surface area contributed by atoms with Crippen LogP contribution in [0.2, 0.25) is 5.02 Å². The monoisotopic (exact) mass is 304 g/mol. The van der Waals surface area contributed by atoms with Crippen molar-refractivity contribution >= 4 is 50.6 Å². The lowest BCUT2D eigenvalue weighted by Crippen LogP contribution is -1.99. The normalized spacial score (nSPS) is 10.9. The first-order valence-electron chi connectivity index (χ1n) is 6.24. The van der Waals surface area contributed by atoms with Gasteiger partial charge in [-0.1, -0.05) is 18.5 Å². The number of nitrogen functional groups attached to an aromatic ring is 1. The molecule has 1 aromatic carbocycles. The van der Waals surface area contributed by atoms with E-state index in [0.29, 0.717) is 5.02 Å². The van der Waals surface area contributed by atoms with Crippen LogP contribution in [0.3, 0.4) is 0 Å².